The lowest BCUT2D eigenvalue weighted by Gasteiger charge is -2.12. The van der Waals surface area contributed by atoms with Crippen molar-refractivity contribution in [2.24, 2.45) is 0 Å². The lowest BCUT2D eigenvalue weighted by molar-refractivity contribution is 0.0452. The van der Waals surface area contributed by atoms with Crippen LogP contribution in [0.3, 0.4) is 0 Å². The van der Waals surface area contributed by atoms with Crippen LogP contribution < -0.4 is 10.5 Å². The first-order valence-electron chi connectivity index (χ1n) is 11.7. The molecule has 0 amide bonds. The normalized spacial score (nSPS) is 14.4. The topological polar surface area (TPSA) is 63.0 Å². The molecule has 1 aliphatic rings. The summed E-state index contributed by atoms with van der Waals surface area (Å²) in [6, 6.07) is 27.5. The average molecular weight is 466 g/mol. The zero-order valence-electron chi connectivity index (χ0n) is 19.4. The van der Waals surface area contributed by atoms with Crippen LogP contribution in [-0.4, -0.2) is 11.2 Å². The van der Waals surface area contributed by atoms with E-state index in [9.17, 15) is 0 Å². The van der Waals surface area contributed by atoms with Crippen molar-refractivity contribution in [3.8, 4) is 17.2 Å². The first-order chi connectivity index (χ1) is 17.2. The molecule has 176 valence electrons. The van der Waals surface area contributed by atoms with Gasteiger partial charge in [0.1, 0.15) is 29.5 Å². The molecule has 0 saturated carbocycles. The van der Waals surface area contributed by atoms with Gasteiger partial charge in [-0.3, -0.25) is 4.57 Å². The predicted octanol–water partition coefficient (Wildman–Crippen LogP) is 6.97. The van der Waals surface area contributed by atoms with E-state index in [4.69, 9.17) is 26.5 Å². The molecule has 3 aromatic carbocycles. The second kappa shape index (κ2) is 10.5. The number of benzene rings is 3. The molecule has 0 fully saturated rings. The minimum absolute atomic E-state index is 0.132. The van der Waals surface area contributed by atoms with E-state index in [0.717, 1.165) is 46.8 Å². The molecule has 6 nitrogen and oxygen atoms in total. The van der Waals surface area contributed by atoms with Gasteiger partial charge in [0.05, 0.1) is 18.4 Å². The second-order valence-electron chi connectivity index (χ2n) is 8.43. The Labute approximate surface area is 205 Å². The van der Waals surface area contributed by atoms with Crippen molar-refractivity contribution < 1.29 is 14.2 Å². The van der Waals surface area contributed by atoms with Crippen LogP contribution in [-0.2, 0) is 22.7 Å². The van der Waals surface area contributed by atoms with E-state index in [-0.39, 0.29) is 6.10 Å². The van der Waals surface area contributed by atoms with Crippen molar-refractivity contribution >= 4 is 11.5 Å². The number of nitrogens with two attached hydrogens (primary N) is 1. The van der Waals surface area contributed by atoms with Gasteiger partial charge in [0, 0.05) is 12.2 Å². The number of aromatic nitrogens is 1. The smallest absolute Gasteiger partial charge is 0.258 e. The van der Waals surface area contributed by atoms with Gasteiger partial charge in [-0.2, -0.15) is 0 Å². The maximum absolute atomic E-state index is 7.75. The first-order valence-corrected chi connectivity index (χ1v) is 11.7. The van der Waals surface area contributed by atoms with Crippen molar-refractivity contribution in [1.29, 1.82) is 0 Å². The number of hydrogen-bond acceptors (Lipinski definition) is 4. The van der Waals surface area contributed by atoms with Crippen LogP contribution in [0.2, 0.25) is 0 Å². The molecule has 2 N–H and O–H groups in total. The van der Waals surface area contributed by atoms with Gasteiger partial charge < -0.3 is 24.8 Å². The molecule has 1 aliphatic heterocycles. The fourth-order valence-corrected chi connectivity index (χ4v) is 4.45. The Hall–Kier alpha value is -4.05. The van der Waals surface area contributed by atoms with Gasteiger partial charge in [0.2, 0.25) is 0 Å². The fourth-order valence-electron chi connectivity index (χ4n) is 4.45. The Kier molecular flexibility index (Phi) is 6.80. The zero-order valence-corrected chi connectivity index (χ0v) is 19.4. The van der Waals surface area contributed by atoms with Gasteiger partial charge in [-0.25, -0.2) is 0 Å². The van der Waals surface area contributed by atoms with Crippen LogP contribution in [0.4, 0.5) is 11.5 Å². The summed E-state index contributed by atoms with van der Waals surface area (Å²) in [5.41, 5.74) is 10.9. The van der Waals surface area contributed by atoms with Crippen molar-refractivity contribution in [1.82, 2.24) is 4.57 Å². The third kappa shape index (κ3) is 4.92. The minimum Gasteiger partial charge on any atom is -0.457 e. The van der Waals surface area contributed by atoms with Gasteiger partial charge in [-0.1, -0.05) is 55.1 Å². The van der Waals surface area contributed by atoms with Crippen LogP contribution in [0.5, 0.6) is 11.5 Å². The van der Waals surface area contributed by atoms with Crippen molar-refractivity contribution in [3.63, 3.8) is 0 Å². The van der Waals surface area contributed by atoms with E-state index in [1.165, 1.54) is 0 Å². The van der Waals surface area contributed by atoms with Gasteiger partial charge in [-0.05, 0) is 54.8 Å². The highest BCUT2D eigenvalue weighted by atomic mass is 16.5. The monoisotopic (exact) mass is 465 g/mol. The number of para-hydroxylation sites is 1. The summed E-state index contributed by atoms with van der Waals surface area (Å²) in [5, 5.41) is 0. The van der Waals surface area contributed by atoms with E-state index in [2.05, 4.69) is 17.0 Å². The number of anilines is 1. The third-order valence-electron chi connectivity index (χ3n) is 6.11. The molecule has 0 aliphatic carbocycles. The zero-order chi connectivity index (χ0) is 24.0. The Balaban J connectivity index is 1.27. The van der Waals surface area contributed by atoms with E-state index in [0.29, 0.717) is 31.3 Å². The lowest BCUT2D eigenvalue weighted by Crippen LogP contribution is -2.02. The van der Waals surface area contributed by atoms with Crippen LogP contribution in [0.1, 0.15) is 35.8 Å². The number of rotatable bonds is 9. The molecule has 1 unspecified atom stereocenters. The van der Waals surface area contributed by atoms with E-state index in [1.54, 1.807) is 0 Å². The van der Waals surface area contributed by atoms with Gasteiger partial charge >= 0.3 is 0 Å². The molecular weight excluding hydrogens is 438 g/mol. The number of nitrogen functional groups attached to an aromatic ring is 1. The van der Waals surface area contributed by atoms with Crippen LogP contribution >= 0.6 is 0 Å². The van der Waals surface area contributed by atoms with Crippen molar-refractivity contribution in [3.05, 3.63) is 113 Å². The number of hydrogen-bond donors (Lipinski definition) is 1. The number of fused-ring (bicyclic) bond motifs is 1. The molecule has 1 aromatic heterocycles. The Morgan fingerprint density at radius 1 is 0.943 bits per heavy atom. The lowest BCUT2D eigenvalue weighted by atomic mass is 10.1. The highest BCUT2D eigenvalue weighted by molar-refractivity contribution is 5.75. The average Bonchev–Trinajstić information content (AvgIpc) is 3.43. The van der Waals surface area contributed by atoms with Crippen molar-refractivity contribution in [2.45, 2.75) is 32.2 Å². The Morgan fingerprint density at radius 3 is 2.34 bits per heavy atom. The molecule has 1 atom stereocenters. The summed E-state index contributed by atoms with van der Waals surface area (Å²) in [7, 11) is 0. The molecule has 0 saturated heterocycles. The number of ether oxygens (including phenoxy) is 3. The van der Waals surface area contributed by atoms with Crippen molar-refractivity contribution in [2.75, 3.05) is 12.3 Å². The Bertz CT molecular complexity index is 1310. The summed E-state index contributed by atoms with van der Waals surface area (Å²) >= 11 is 0. The standard InChI is InChI=1S/C29H27N3O3/c1-31-29-28(30)27-25(20-34-26(27)13-8-18-33-19-21-9-4-2-5-10-21)32(29)22-14-16-24(17-15-22)35-23-11-6-3-7-12-23/h2-7,9-12,14-17,26H,8,13,18-20,30H2. The minimum atomic E-state index is -0.132. The van der Waals surface area contributed by atoms with Crippen LogP contribution in [0.15, 0.2) is 84.9 Å². The van der Waals surface area contributed by atoms with Crippen LogP contribution in [0, 0.1) is 6.57 Å². The summed E-state index contributed by atoms with van der Waals surface area (Å²) in [6.45, 7) is 9.42. The summed E-state index contributed by atoms with van der Waals surface area (Å²) in [6.07, 6.45) is 1.50. The summed E-state index contributed by atoms with van der Waals surface area (Å²) in [5.74, 6) is 1.93. The number of nitrogens with zero attached hydrogens (tertiary/aromatic N) is 2. The largest absolute Gasteiger partial charge is 0.457 e. The summed E-state index contributed by atoms with van der Waals surface area (Å²) in [4.78, 5) is 3.75. The van der Waals surface area contributed by atoms with Crippen LogP contribution in [0.25, 0.3) is 10.5 Å². The van der Waals surface area contributed by atoms with Gasteiger partial charge in [-0.15, -0.1) is 0 Å². The maximum Gasteiger partial charge on any atom is 0.258 e. The van der Waals surface area contributed by atoms with Gasteiger partial charge in [0.15, 0.2) is 0 Å². The second-order valence-corrected chi connectivity index (χ2v) is 8.43. The van der Waals surface area contributed by atoms with E-state index < -0.39 is 0 Å². The molecule has 0 spiro atoms. The quantitative estimate of drug-likeness (QED) is 0.214. The molecule has 35 heavy (non-hydrogen) atoms. The highest BCUT2D eigenvalue weighted by Gasteiger charge is 2.35. The van der Waals surface area contributed by atoms with E-state index >= 15 is 0 Å². The summed E-state index contributed by atoms with van der Waals surface area (Å²) < 4.78 is 19.7. The molecule has 0 bridgehead atoms. The first kappa shape index (κ1) is 22.7. The van der Waals surface area contributed by atoms with E-state index in [1.807, 2.05) is 77.4 Å². The molecular formula is C29H27N3O3. The Morgan fingerprint density at radius 2 is 1.63 bits per heavy atom. The molecule has 4 aromatic rings. The van der Waals surface area contributed by atoms with Gasteiger partial charge in [0.25, 0.3) is 5.82 Å². The molecule has 0 radical (unpaired) electrons. The fraction of sp³-hybridized carbons (Fsp3) is 0.207. The molecule has 6 heteroatoms. The predicted molar refractivity (Wildman–Crippen MR) is 136 cm³/mol. The third-order valence-corrected chi connectivity index (χ3v) is 6.11. The highest BCUT2D eigenvalue weighted by Crippen LogP contribution is 2.46. The SMILES string of the molecule is [C-]#[N+]c1c(N)c2c(n1-c1ccc(Oc3ccccc3)cc1)COC2CCCOCc1ccccc1. The molecule has 2 heterocycles. The molecule has 5 rings (SSSR count). The maximum atomic E-state index is 7.75.